The van der Waals surface area contributed by atoms with Gasteiger partial charge in [0, 0.05) is 35.5 Å². The first-order chi connectivity index (χ1) is 21.3. The zero-order valence-corrected chi connectivity index (χ0v) is 25.7. The highest BCUT2D eigenvalue weighted by molar-refractivity contribution is 7.99. The summed E-state index contributed by atoms with van der Waals surface area (Å²) in [5.74, 6) is 0.758. The minimum absolute atomic E-state index is 0.153. The molecule has 4 aromatic heterocycles. The number of nitrogens with zero attached hydrogens (tertiary/aromatic N) is 6. The molecule has 0 aliphatic rings. The minimum atomic E-state index is -0.175. The van der Waals surface area contributed by atoms with Gasteiger partial charge in [0.1, 0.15) is 0 Å². The molecule has 222 valence electrons. The van der Waals surface area contributed by atoms with Gasteiger partial charge in [0.05, 0.1) is 27.6 Å². The first-order valence-electron chi connectivity index (χ1n) is 13.0. The first kappa shape index (κ1) is 30.7. The molecule has 0 radical (unpaired) electrons. The van der Waals surface area contributed by atoms with E-state index in [4.69, 9.17) is 32.0 Å². The molecule has 4 heterocycles. The largest absolute Gasteiger partial charge is 0.411 e. The Kier molecular flexibility index (Phi) is 10.2. The number of benzene rings is 2. The average Bonchev–Trinajstić information content (AvgIpc) is 3.71. The molecule has 0 atom stereocenters. The van der Waals surface area contributed by atoms with Gasteiger partial charge in [0.25, 0.3) is 11.1 Å². The van der Waals surface area contributed by atoms with Crippen molar-refractivity contribution in [2.45, 2.75) is 19.1 Å². The van der Waals surface area contributed by atoms with Gasteiger partial charge in [-0.3, -0.25) is 14.8 Å². The fraction of sp³-hybridized carbons (Fsp3) is 0.100. The molecule has 0 aliphatic carbocycles. The van der Waals surface area contributed by atoms with Crippen molar-refractivity contribution in [2.75, 3.05) is 16.4 Å². The number of anilines is 3. The number of amides is 1. The van der Waals surface area contributed by atoms with Gasteiger partial charge in [-0.2, -0.15) is 0 Å². The maximum atomic E-state index is 12.1. The molecule has 0 fully saturated rings. The van der Waals surface area contributed by atoms with Crippen LogP contribution in [0.3, 0.4) is 0 Å². The molecule has 0 spiro atoms. The van der Waals surface area contributed by atoms with Crippen LogP contribution in [0.5, 0.6) is 0 Å². The quantitative estimate of drug-likeness (QED) is 0.157. The van der Waals surface area contributed by atoms with E-state index in [0.29, 0.717) is 32.7 Å². The van der Waals surface area contributed by atoms with Gasteiger partial charge in [-0.15, -0.1) is 15.3 Å². The Morgan fingerprint density at radius 1 is 0.818 bits per heavy atom. The van der Waals surface area contributed by atoms with Gasteiger partial charge in [-0.25, -0.2) is 0 Å². The Morgan fingerprint density at radius 2 is 1.52 bits per heavy atom. The summed E-state index contributed by atoms with van der Waals surface area (Å²) < 4.78 is 11.0. The molecule has 2 aromatic carbocycles. The van der Waals surface area contributed by atoms with Crippen molar-refractivity contribution in [3.05, 3.63) is 107 Å². The van der Waals surface area contributed by atoms with Gasteiger partial charge in [0.2, 0.25) is 11.8 Å². The average molecular weight is 648 g/mol. The predicted molar refractivity (Wildman–Crippen MR) is 170 cm³/mol. The molecule has 0 aliphatic heterocycles. The Hall–Kier alpha value is -4.78. The van der Waals surface area contributed by atoms with E-state index in [1.54, 1.807) is 43.0 Å². The molecule has 6 aromatic rings. The van der Waals surface area contributed by atoms with Gasteiger partial charge >= 0.3 is 6.01 Å². The van der Waals surface area contributed by atoms with Gasteiger partial charge < -0.3 is 19.5 Å². The van der Waals surface area contributed by atoms with Crippen LogP contribution in [0.1, 0.15) is 11.1 Å². The summed E-state index contributed by atoms with van der Waals surface area (Å²) in [4.78, 5) is 20.1. The minimum Gasteiger partial charge on any atom is -0.411 e. The van der Waals surface area contributed by atoms with E-state index in [0.717, 1.165) is 27.9 Å². The van der Waals surface area contributed by atoms with Gasteiger partial charge in [0.15, 0.2) is 0 Å². The van der Waals surface area contributed by atoms with Crippen LogP contribution in [0, 0.1) is 13.8 Å². The number of rotatable bonds is 8. The number of thioether (sulfide) groups is 1. The lowest BCUT2D eigenvalue weighted by Crippen LogP contribution is -2.14. The molecule has 44 heavy (non-hydrogen) atoms. The second-order valence-corrected chi connectivity index (χ2v) is 10.9. The molecule has 0 unspecified atom stereocenters. The van der Waals surface area contributed by atoms with Crippen LogP contribution in [-0.4, -0.2) is 42.0 Å². The number of aromatic nitrogens is 6. The standard InChI is InChI=1S/C16H13ClN4O2S.C14H11ClN4O/c1-10-4-5-12(17)7-13(10)19-14(22)9-24-16-21-20-15(23-16)11-3-2-6-18-8-11;1-9-4-5-11(15)12(7-9)17-14-19-18-13(20-14)10-3-2-6-16-8-10/h2-8H,9H2,1H3,(H,19,22);2-8H,1H3,(H,17,19). The fourth-order valence-corrected chi connectivity index (χ4v) is 4.55. The Labute approximate surface area is 266 Å². The maximum Gasteiger partial charge on any atom is 0.320 e. The Bertz CT molecular complexity index is 1850. The third-order valence-electron chi connectivity index (χ3n) is 5.81. The van der Waals surface area contributed by atoms with Crippen LogP contribution in [0.15, 0.2) is 99.5 Å². The number of nitrogens with one attached hydrogen (secondary N) is 2. The second-order valence-electron chi connectivity index (χ2n) is 9.17. The third-order valence-corrected chi connectivity index (χ3v) is 7.20. The van der Waals surface area contributed by atoms with E-state index >= 15 is 0 Å². The molecule has 0 saturated carbocycles. The number of halogens is 2. The summed E-state index contributed by atoms with van der Waals surface area (Å²) in [6.45, 7) is 3.88. The number of hydrogen-bond acceptors (Lipinski definition) is 11. The number of pyridine rings is 2. The van der Waals surface area contributed by atoms with Crippen LogP contribution in [-0.2, 0) is 4.79 Å². The summed E-state index contributed by atoms with van der Waals surface area (Å²) >= 11 is 13.2. The maximum absolute atomic E-state index is 12.1. The lowest BCUT2D eigenvalue weighted by molar-refractivity contribution is -0.113. The number of hydrogen-bond donors (Lipinski definition) is 2. The normalized spacial score (nSPS) is 10.5. The summed E-state index contributed by atoms with van der Waals surface area (Å²) in [5, 5.41) is 23.1. The highest BCUT2D eigenvalue weighted by Crippen LogP contribution is 2.28. The van der Waals surface area contributed by atoms with Crippen molar-refractivity contribution in [3.63, 3.8) is 0 Å². The van der Waals surface area contributed by atoms with Gasteiger partial charge in [-0.1, -0.05) is 52.2 Å². The summed E-state index contributed by atoms with van der Waals surface area (Å²) in [7, 11) is 0. The molecular formula is C30H24Cl2N8O3S. The number of carbonyl (C=O) groups is 1. The van der Waals surface area contributed by atoms with Gasteiger partial charge in [-0.05, 0) is 73.5 Å². The molecule has 0 saturated heterocycles. The monoisotopic (exact) mass is 646 g/mol. The molecule has 6 rings (SSSR count). The number of aryl methyl sites for hydroxylation is 2. The second kappa shape index (κ2) is 14.6. The third kappa shape index (κ3) is 8.40. The highest BCUT2D eigenvalue weighted by atomic mass is 35.5. The Morgan fingerprint density at radius 3 is 2.23 bits per heavy atom. The summed E-state index contributed by atoms with van der Waals surface area (Å²) in [6.07, 6.45) is 6.65. The zero-order chi connectivity index (χ0) is 30.9. The lowest BCUT2D eigenvalue weighted by atomic mass is 10.2. The predicted octanol–water partition coefficient (Wildman–Crippen LogP) is 7.66. The number of carbonyl (C=O) groups excluding carboxylic acids is 1. The highest BCUT2D eigenvalue weighted by Gasteiger charge is 2.13. The molecule has 11 nitrogen and oxygen atoms in total. The summed E-state index contributed by atoms with van der Waals surface area (Å²) in [6, 6.07) is 18.6. The molecule has 0 bridgehead atoms. The van der Waals surface area contributed by atoms with E-state index in [9.17, 15) is 4.79 Å². The van der Waals surface area contributed by atoms with Crippen molar-refractivity contribution in [1.29, 1.82) is 0 Å². The topological polar surface area (TPSA) is 145 Å². The van der Waals surface area contributed by atoms with Crippen molar-refractivity contribution < 1.29 is 13.6 Å². The van der Waals surface area contributed by atoms with E-state index in [1.165, 1.54) is 11.8 Å². The van der Waals surface area contributed by atoms with E-state index < -0.39 is 0 Å². The Balaban J connectivity index is 0.000000177. The van der Waals surface area contributed by atoms with E-state index in [-0.39, 0.29) is 17.7 Å². The van der Waals surface area contributed by atoms with Crippen LogP contribution in [0.2, 0.25) is 10.0 Å². The first-order valence-corrected chi connectivity index (χ1v) is 14.8. The SMILES string of the molecule is Cc1ccc(Cl)c(Nc2nnc(-c3cccnc3)o2)c1.Cc1ccc(Cl)cc1NC(=O)CSc1nnc(-c2cccnc2)o1. The van der Waals surface area contributed by atoms with Crippen molar-refractivity contribution in [2.24, 2.45) is 0 Å². The van der Waals surface area contributed by atoms with Crippen molar-refractivity contribution in [1.82, 2.24) is 30.4 Å². The fourth-order valence-electron chi connectivity index (χ4n) is 3.65. The smallest absolute Gasteiger partial charge is 0.320 e. The van der Waals surface area contributed by atoms with Crippen molar-refractivity contribution in [3.8, 4) is 22.9 Å². The summed E-state index contributed by atoms with van der Waals surface area (Å²) in [5.41, 5.74) is 4.94. The van der Waals surface area contributed by atoms with E-state index in [2.05, 4.69) is 41.0 Å². The molecule has 1 amide bonds. The molecular weight excluding hydrogens is 623 g/mol. The van der Waals surface area contributed by atoms with Crippen molar-refractivity contribution >= 4 is 58.3 Å². The van der Waals surface area contributed by atoms with Crippen LogP contribution in [0.25, 0.3) is 22.9 Å². The molecule has 14 heteroatoms. The molecule has 2 N–H and O–H groups in total. The van der Waals surface area contributed by atoms with Crippen LogP contribution < -0.4 is 10.6 Å². The zero-order valence-electron chi connectivity index (χ0n) is 23.4. The van der Waals surface area contributed by atoms with Crippen LogP contribution in [0.4, 0.5) is 17.4 Å². The van der Waals surface area contributed by atoms with Crippen LogP contribution >= 0.6 is 35.0 Å². The van der Waals surface area contributed by atoms with E-state index in [1.807, 2.05) is 56.3 Å². The lowest BCUT2D eigenvalue weighted by Gasteiger charge is -2.07.